The second-order valence-electron chi connectivity index (χ2n) is 4.18. The monoisotopic (exact) mass is 271 g/mol. The van der Waals surface area contributed by atoms with E-state index in [0.29, 0.717) is 12.0 Å². The zero-order valence-corrected chi connectivity index (χ0v) is 11.2. The van der Waals surface area contributed by atoms with E-state index < -0.39 is 20.9 Å². The lowest BCUT2D eigenvalue weighted by Crippen LogP contribution is -2.44. The van der Waals surface area contributed by atoms with E-state index in [4.69, 9.17) is 9.88 Å². The number of sulfonamides is 1. The lowest BCUT2D eigenvalue weighted by Gasteiger charge is -2.26. The summed E-state index contributed by atoms with van der Waals surface area (Å²) in [7, 11) is -3.97. The highest BCUT2D eigenvalue weighted by Crippen LogP contribution is 2.24. The summed E-state index contributed by atoms with van der Waals surface area (Å²) >= 11 is 0. The topological polar surface area (TPSA) is 86.5 Å². The molecular formula is C12H17NO4S. The summed E-state index contributed by atoms with van der Waals surface area (Å²) in [4.78, 5) is 10.2. The van der Waals surface area contributed by atoms with Crippen LogP contribution >= 0.6 is 0 Å². The molecule has 0 aliphatic rings. The SMILES string of the molecule is CCCC(C)(OC(=O)c1ccccc1)S(N)(=O)=O. The van der Waals surface area contributed by atoms with Gasteiger partial charge in [0.1, 0.15) is 0 Å². The minimum Gasteiger partial charge on any atom is -0.438 e. The maximum absolute atomic E-state index is 11.8. The van der Waals surface area contributed by atoms with Gasteiger partial charge in [0.05, 0.1) is 5.56 Å². The molecule has 1 aromatic rings. The van der Waals surface area contributed by atoms with Crippen molar-refractivity contribution in [1.29, 1.82) is 0 Å². The normalized spacial score (nSPS) is 14.8. The van der Waals surface area contributed by atoms with Crippen molar-refractivity contribution >= 4 is 16.0 Å². The fourth-order valence-electron chi connectivity index (χ4n) is 1.53. The summed E-state index contributed by atoms with van der Waals surface area (Å²) in [6.07, 6.45) is 0.694. The van der Waals surface area contributed by atoms with Crippen molar-refractivity contribution in [2.24, 2.45) is 5.14 Å². The minimum atomic E-state index is -3.97. The number of hydrogen-bond acceptors (Lipinski definition) is 4. The van der Waals surface area contributed by atoms with Crippen molar-refractivity contribution in [1.82, 2.24) is 0 Å². The van der Waals surface area contributed by atoms with E-state index in [2.05, 4.69) is 0 Å². The lowest BCUT2D eigenvalue weighted by atomic mass is 10.2. The number of ether oxygens (including phenoxy) is 1. The molecule has 0 radical (unpaired) electrons. The van der Waals surface area contributed by atoms with E-state index in [1.807, 2.05) is 0 Å². The lowest BCUT2D eigenvalue weighted by molar-refractivity contribution is 0.0192. The molecule has 1 unspecified atom stereocenters. The van der Waals surface area contributed by atoms with E-state index in [-0.39, 0.29) is 6.42 Å². The summed E-state index contributed by atoms with van der Waals surface area (Å²) in [5, 5.41) is 5.12. The highest BCUT2D eigenvalue weighted by molar-refractivity contribution is 7.90. The Labute approximate surface area is 107 Å². The molecule has 0 saturated heterocycles. The molecule has 0 heterocycles. The Balaban J connectivity index is 2.96. The van der Waals surface area contributed by atoms with Gasteiger partial charge in [-0.2, -0.15) is 0 Å². The molecule has 2 N–H and O–H groups in total. The summed E-state index contributed by atoms with van der Waals surface area (Å²) < 4.78 is 28.1. The van der Waals surface area contributed by atoms with Gasteiger partial charge in [0.25, 0.3) is 0 Å². The van der Waals surface area contributed by atoms with Gasteiger partial charge in [0.2, 0.25) is 15.0 Å². The van der Waals surface area contributed by atoms with Crippen LogP contribution in [0.3, 0.4) is 0 Å². The summed E-state index contributed by atoms with van der Waals surface area (Å²) in [6, 6.07) is 8.20. The average Bonchev–Trinajstić information content (AvgIpc) is 2.29. The van der Waals surface area contributed by atoms with Gasteiger partial charge < -0.3 is 4.74 Å². The molecule has 0 saturated carbocycles. The van der Waals surface area contributed by atoms with Gasteiger partial charge in [-0.25, -0.2) is 18.4 Å². The number of carbonyl (C=O) groups excluding carboxylic acids is 1. The average molecular weight is 271 g/mol. The van der Waals surface area contributed by atoms with Crippen molar-refractivity contribution in [3.63, 3.8) is 0 Å². The quantitative estimate of drug-likeness (QED) is 0.825. The van der Waals surface area contributed by atoms with E-state index in [1.54, 1.807) is 37.3 Å². The van der Waals surface area contributed by atoms with Crippen molar-refractivity contribution < 1.29 is 17.9 Å². The van der Waals surface area contributed by atoms with Crippen LogP contribution in [0.1, 0.15) is 37.0 Å². The molecule has 6 heteroatoms. The van der Waals surface area contributed by atoms with Crippen LogP contribution in [0.15, 0.2) is 30.3 Å². The van der Waals surface area contributed by atoms with Crippen LogP contribution in [0.4, 0.5) is 0 Å². The second kappa shape index (κ2) is 5.49. The minimum absolute atomic E-state index is 0.157. The molecule has 5 nitrogen and oxygen atoms in total. The molecular weight excluding hydrogens is 254 g/mol. The number of hydrogen-bond donors (Lipinski definition) is 1. The molecule has 1 atom stereocenters. The summed E-state index contributed by atoms with van der Waals surface area (Å²) in [5.74, 6) is -0.694. The van der Waals surface area contributed by atoms with E-state index in [1.165, 1.54) is 6.92 Å². The third-order valence-corrected chi connectivity index (χ3v) is 4.12. The predicted octanol–water partition coefficient (Wildman–Crippen LogP) is 1.65. The predicted molar refractivity (Wildman–Crippen MR) is 68.3 cm³/mol. The molecule has 0 amide bonds. The Morgan fingerprint density at radius 3 is 2.33 bits per heavy atom. The number of carbonyl (C=O) groups is 1. The third-order valence-electron chi connectivity index (χ3n) is 2.62. The number of esters is 1. The molecule has 1 aromatic carbocycles. The first-order valence-electron chi connectivity index (χ1n) is 5.61. The van der Waals surface area contributed by atoms with Gasteiger partial charge in [0.15, 0.2) is 0 Å². The molecule has 0 fully saturated rings. The molecule has 0 aliphatic heterocycles. The Morgan fingerprint density at radius 1 is 1.33 bits per heavy atom. The molecule has 100 valence electrons. The Hall–Kier alpha value is -1.40. The summed E-state index contributed by atoms with van der Waals surface area (Å²) in [5.41, 5.74) is 0.295. The molecule has 0 bridgehead atoms. The van der Waals surface area contributed by atoms with Crippen molar-refractivity contribution in [3.05, 3.63) is 35.9 Å². The van der Waals surface area contributed by atoms with Gasteiger partial charge in [-0.3, -0.25) is 0 Å². The van der Waals surface area contributed by atoms with E-state index in [9.17, 15) is 13.2 Å². The largest absolute Gasteiger partial charge is 0.438 e. The fraction of sp³-hybridized carbons (Fsp3) is 0.417. The first kappa shape index (κ1) is 14.7. The van der Waals surface area contributed by atoms with Crippen LogP contribution in [0.2, 0.25) is 0 Å². The molecule has 0 aliphatic carbocycles. The van der Waals surface area contributed by atoms with Gasteiger partial charge in [-0.15, -0.1) is 0 Å². The fourth-order valence-corrected chi connectivity index (χ4v) is 2.22. The standard InChI is InChI=1S/C12H17NO4S/c1-3-9-12(2,18(13,15)16)17-11(14)10-7-5-4-6-8-10/h4-8H,3,9H2,1-2H3,(H2,13,15,16). The number of benzene rings is 1. The van der Waals surface area contributed by atoms with Crippen LogP contribution in [0.25, 0.3) is 0 Å². The Kier molecular flexibility index (Phi) is 4.48. The van der Waals surface area contributed by atoms with Crippen LogP contribution < -0.4 is 5.14 Å². The first-order chi connectivity index (χ1) is 8.30. The molecule has 1 rings (SSSR count). The Morgan fingerprint density at radius 2 is 1.89 bits per heavy atom. The van der Waals surface area contributed by atoms with Crippen LogP contribution in [-0.2, 0) is 14.8 Å². The van der Waals surface area contributed by atoms with Gasteiger partial charge >= 0.3 is 5.97 Å². The summed E-state index contributed by atoms with van der Waals surface area (Å²) in [6.45, 7) is 3.10. The molecule has 0 aromatic heterocycles. The van der Waals surface area contributed by atoms with E-state index in [0.717, 1.165) is 0 Å². The Bertz CT molecular complexity index is 512. The van der Waals surface area contributed by atoms with Gasteiger partial charge in [-0.05, 0) is 19.1 Å². The van der Waals surface area contributed by atoms with Crippen LogP contribution in [-0.4, -0.2) is 19.3 Å². The van der Waals surface area contributed by atoms with Gasteiger partial charge in [0, 0.05) is 6.42 Å². The van der Waals surface area contributed by atoms with Crippen molar-refractivity contribution in [3.8, 4) is 0 Å². The second-order valence-corrected chi connectivity index (χ2v) is 6.14. The zero-order valence-electron chi connectivity index (χ0n) is 10.4. The zero-order chi connectivity index (χ0) is 13.8. The molecule has 0 spiro atoms. The third kappa shape index (κ3) is 3.30. The molecule has 18 heavy (non-hydrogen) atoms. The number of nitrogens with two attached hydrogens (primary N) is 1. The first-order valence-corrected chi connectivity index (χ1v) is 7.15. The smallest absolute Gasteiger partial charge is 0.339 e. The highest BCUT2D eigenvalue weighted by Gasteiger charge is 2.40. The van der Waals surface area contributed by atoms with E-state index >= 15 is 0 Å². The van der Waals surface area contributed by atoms with Crippen molar-refractivity contribution in [2.45, 2.75) is 31.6 Å². The number of rotatable bonds is 5. The van der Waals surface area contributed by atoms with Crippen LogP contribution in [0, 0.1) is 0 Å². The maximum Gasteiger partial charge on any atom is 0.339 e. The maximum atomic E-state index is 11.8. The van der Waals surface area contributed by atoms with Gasteiger partial charge in [-0.1, -0.05) is 31.5 Å². The highest BCUT2D eigenvalue weighted by atomic mass is 32.2. The number of primary sulfonamides is 1. The van der Waals surface area contributed by atoms with Crippen LogP contribution in [0.5, 0.6) is 0 Å². The van der Waals surface area contributed by atoms with Crippen molar-refractivity contribution in [2.75, 3.05) is 0 Å².